The molecule has 7 nitrogen and oxygen atoms in total. The molecule has 36 heavy (non-hydrogen) atoms. The summed E-state index contributed by atoms with van der Waals surface area (Å²) in [5.74, 6) is -0.893. The van der Waals surface area contributed by atoms with Gasteiger partial charge in [0.15, 0.2) is 11.5 Å². The van der Waals surface area contributed by atoms with Crippen molar-refractivity contribution in [3.63, 3.8) is 0 Å². The van der Waals surface area contributed by atoms with Crippen LogP contribution in [0.3, 0.4) is 0 Å². The molecule has 0 fully saturated rings. The summed E-state index contributed by atoms with van der Waals surface area (Å²) in [5, 5.41) is 6.48. The Morgan fingerprint density at radius 2 is 1.94 bits per heavy atom. The zero-order valence-corrected chi connectivity index (χ0v) is 18.8. The van der Waals surface area contributed by atoms with E-state index < -0.39 is 23.7 Å². The molecule has 0 saturated carbocycles. The van der Waals surface area contributed by atoms with Gasteiger partial charge in [0, 0.05) is 29.7 Å². The summed E-state index contributed by atoms with van der Waals surface area (Å²) in [5.41, 5.74) is 0.861. The molecule has 0 amide bonds. The summed E-state index contributed by atoms with van der Waals surface area (Å²) in [6.45, 7) is 1.93. The van der Waals surface area contributed by atoms with Gasteiger partial charge in [0.2, 0.25) is 5.95 Å². The molecule has 2 heterocycles. The number of anilines is 2. The number of nitrogens with one attached hydrogen (secondary N) is 1. The number of hydrogen-bond donors (Lipinski definition) is 1. The van der Waals surface area contributed by atoms with Crippen molar-refractivity contribution in [3.05, 3.63) is 90.1 Å². The van der Waals surface area contributed by atoms with Crippen molar-refractivity contribution in [1.82, 2.24) is 19.7 Å². The monoisotopic (exact) mass is 497 g/mol. The molecule has 184 valence electrons. The first-order valence-electron chi connectivity index (χ1n) is 10.7. The Morgan fingerprint density at radius 3 is 2.67 bits per heavy atom. The highest BCUT2D eigenvalue weighted by Gasteiger charge is 2.34. The molecule has 0 bridgehead atoms. The molecule has 0 spiro atoms. The van der Waals surface area contributed by atoms with Crippen LogP contribution in [0.1, 0.15) is 18.2 Å². The highest BCUT2D eigenvalue weighted by Crippen LogP contribution is 2.31. The Morgan fingerprint density at radius 1 is 1.14 bits per heavy atom. The maximum atomic E-state index is 13.6. The summed E-state index contributed by atoms with van der Waals surface area (Å²) >= 11 is 0. The van der Waals surface area contributed by atoms with E-state index in [0.717, 1.165) is 16.9 Å². The lowest BCUT2D eigenvalue weighted by atomic mass is 10.0. The first-order valence-corrected chi connectivity index (χ1v) is 10.7. The standard InChI is InChI=1S/C25H19F4N5O2/c1-2-36-22(35)10-9-16-5-3-6-17(13-16)20-15-30-24(31-19-8-4-7-18(26)14-19)32-23(20)34-12-11-21(33-34)25(27,28)29/h3-15H,2H2,1H3,(H,30,31,32)/b10-9+. The Hall–Kier alpha value is -4.54. The van der Waals surface area contributed by atoms with Gasteiger partial charge in [-0.05, 0) is 54.5 Å². The van der Waals surface area contributed by atoms with Crippen LogP contribution in [-0.4, -0.2) is 32.3 Å². The van der Waals surface area contributed by atoms with Gasteiger partial charge in [-0.15, -0.1) is 0 Å². The van der Waals surface area contributed by atoms with Gasteiger partial charge in [0.1, 0.15) is 5.82 Å². The van der Waals surface area contributed by atoms with Crippen LogP contribution >= 0.6 is 0 Å². The third-order valence-corrected chi connectivity index (χ3v) is 4.84. The van der Waals surface area contributed by atoms with Gasteiger partial charge in [-0.2, -0.15) is 23.3 Å². The van der Waals surface area contributed by atoms with E-state index in [4.69, 9.17) is 4.74 Å². The summed E-state index contributed by atoms with van der Waals surface area (Å²) in [4.78, 5) is 20.3. The second kappa shape index (κ2) is 10.4. The topological polar surface area (TPSA) is 81.9 Å². The van der Waals surface area contributed by atoms with Crippen LogP contribution in [-0.2, 0) is 15.7 Å². The molecule has 2 aromatic carbocycles. The van der Waals surface area contributed by atoms with Crippen molar-refractivity contribution in [2.75, 3.05) is 11.9 Å². The summed E-state index contributed by atoms with van der Waals surface area (Å²) < 4.78 is 59.0. The van der Waals surface area contributed by atoms with E-state index in [1.807, 2.05) is 0 Å². The summed E-state index contributed by atoms with van der Waals surface area (Å²) in [6, 6.07) is 13.3. The normalized spacial score (nSPS) is 11.6. The maximum absolute atomic E-state index is 13.6. The molecule has 2 aromatic heterocycles. The second-order valence-electron chi connectivity index (χ2n) is 7.42. The number of carbonyl (C=O) groups is 1. The van der Waals surface area contributed by atoms with Crippen LogP contribution in [0.15, 0.2) is 73.1 Å². The fraction of sp³-hybridized carbons (Fsp3) is 0.120. The van der Waals surface area contributed by atoms with Crippen molar-refractivity contribution in [3.8, 4) is 16.9 Å². The lowest BCUT2D eigenvalue weighted by Gasteiger charge is -2.12. The minimum absolute atomic E-state index is 0.0294. The Kier molecular flexibility index (Phi) is 7.09. The molecule has 0 aliphatic heterocycles. The minimum Gasteiger partial charge on any atom is -0.463 e. The zero-order chi connectivity index (χ0) is 25.7. The van der Waals surface area contributed by atoms with Crippen LogP contribution in [0.4, 0.5) is 29.2 Å². The quantitative estimate of drug-likeness (QED) is 0.197. The molecular weight excluding hydrogens is 478 g/mol. The molecule has 4 rings (SSSR count). The van der Waals surface area contributed by atoms with Gasteiger partial charge >= 0.3 is 12.1 Å². The fourth-order valence-electron chi connectivity index (χ4n) is 3.26. The van der Waals surface area contributed by atoms with E-state index in [1.54, 1.807) is 43.3 Å². The predicted octanol–water partition coefficient (Wildman–Crippen LogP) is 5.81. The van der Waals surface area contributed by atoms with E-state index in [9.17, 15) is 22.4 Å². The predicted molar refractivity (Wildman–Crippen MR) is 125 cm³/mol. The van der Waals surface area contributed by atoms with Crippen LogP contribution in [0.25, 0.3) is 23.0 Å². The molecule has 0 unspecified atom stereocenters. The zero-order valence-electron chi connectivity index (χ0n) is 18.8. The van der Waals surface area contributed by atoms with Crippen molar-refractivity contribution in [1.29, 1.82) is 0 Å². The average Bonchev–Trinajstić information content (AvgIpc) is 3.34. The van der Waals surface area contributed by atoms with E-state index in [2.05, 4.69) is 20.4 Å². The van der Waals surface area contributed by atoms with Crippen LogP contribution in [0.5, 0.6) is 0 Å². The van der Waals surface area contributed by atoms with Crippen molar-refractivity contribution in [2.45, 2.75) is 13.1 Å². The number of alkyl halides is 3. The minimum atomic E-state index is -4.64. The van der Waals surface area contributed by atoms with Gasteiger partial charge in [-0.3, -0.25) is 0 Å². The molecule has 0 atom stereocenters. The van der Waals surface area contributed by atoms with Crippen molar-refractivity contribution in [2.24, 2.45) is 0 Å². The third-order valence-electron chi connectivity index (χ3n) is 4.84. The van der Waals surface area contributed by atoms with Gasteiger partial charge < -0.3 is 10.1 Å². The molecule has 11 heteroatoms. The molecule has 0 saturated heterocycles. The Labute approximate surface area is 203 Å². The van der Waals surface area contributed by atoms with E-state index >= 15 is 0 Å². The molecule has 0 radical (unpaired) electrons. The summed E-state index contributed by atoms with van der Waals surface area (Å²) in [6.07, 6.45) is 0.754. The van der Waals surface area contributed by atoms with Crippen molar-refractivity contribution < 1.29 is 27.1 Å². The van der Waals surface area contributed by atoms with Crippen LogP contribution in [0.2, 0.25) is 0 Å². The highest BCUT2D eigenvalue weighted by molar-refractivity contribution is 5.87. The van der Waals surface area contributed by atoms with Crippen LogP contribution in [0, 0.1) is 5.82 Å². The SMILES string of the molecule is CCOC(=O)/C=C/c1cccc(-c2cnc(Nc3cccc(F)c3)nc2-n2ccc(C(F)(F)F)n2)c1. The molecule has 0 aliphatic rings. The largest absolute Gasteiger partial charge is 0.463 e. The third kappa shape index (κ3) is 5.93. The number of aromatic nitrogens is 4. The molecule has 0 aliphatic carbocycles. The smallest absolute Gasteiger partial charge is 0.435 e. The number of nitrogens with zero attached hydrogens (tertiary/aromatic N) is 4. The number of ether oxygens (including phenoxy) is 1. The van der Waals surface area contributed by atoms with E-state index in [0.29, 0.717) is 22.4 Å². The van der Waals surface area contributed by atoms with E-state index in [1.165, 1.54) is 30.5 Å². The first kappa shape index (κ1) is 24.6. The number of carbonyl (C=O) groups excluding carboxylic acids is 1. The molecular formula is C25H19F4N5O2. The van der Waals surface area contributed by atoms with Crippen molar-refractivity contribution >= 4 is 23.7 Å². The highest BCUT2D eigenvalue weighted by atomic mass is 19.4. The Bertz CT molecular complexity index is 1420. The number of rotatable bonds is 7. The average molecular weight is 497 g/mol. The maximum Gasteiger partial charge on any atom is 0.435 e. The first-order chi connectivity index (χ1) is 17.2. The van der Waals surface area contributed by atoms with Gasteiger partial charge in [-0.25, -0.2) is 18.9 Å². The lowest BCUT2D eigenvalue weighted by molar-refractivity contribution is -0.141. The van der Waals surface area contributed by atoms with Gasteiger partial charge in [-0.1, -0.05) is 24.3 Å². The van der Waals surface area contributed by atoms with Gasteiger partial charge in [0.05, 0.1) is 6.61 Å². The van der Waals surface area contributed by atoms with Gasteiger partial charge in [0.25, 0.3) is 0 Å². The summed E-state index contributed by atoms with van der Waals surface area (Å²) in [7, 11) is 0. The number of benzene rings is 2. The van der Waals surface area contributed by atoms with E-state index in [-0.39, 0.29) is 18.4 Å². The number of esters is 1. The fourth-order valence-corrected chi connectivity index (χ4v) is 3.26. The molecule has 1 N–H and O–H groups in total. The lowest BCUT2D eigenvalue weighted by Crippen LogP contribution is -2.10. The van der Waals surface area contributed by atoms with Crippen LogP contribution < -0.4 is 5.32 Å². The second-order valence-corrected chi connectivity index (χ2v) is 7.42. The Balaban J connectivity index is 1.76. The number of hydrogen-bond acceptors (Lipinski definition) is 6. The number of halogens is 4. The molecule has 4 aromatic rings.